The Morgan fingerprint density at radius 2 is 1.73 bits per heavy atom. The third-order valence-electron chi connectivity index (χ3n) is 5.21. The summed E-state index contributed by atoms with van der Waals surface area (Å²) in [7, 11) is 3.50. The minimum absolute atomic E-state index is 0.0588. The number of aliphatic hydroxyl groups excluding tert-OH is 1. The molecule has 30 heavy (non-hydrogen) atoms. The lowest BCUT2D eigenvalue weighted by molar-refractivity contribution is 0.270. The maximum absolute atomic E-state index is 12.2. The summed E-state index contributed by atoms with van der Waals surface area (Å²) in [6.07, 6.45) is 0. The normalized spacial score (nSPS) is 11.3. The average molecular weight is 408 g/mol. The third-order valence-corrected chi connectivity index (χ3v) is 5.21. The second kappa shape index (κ2) is 7.72. The van der Waals surface area contributed by atoms with Gasteiger partial charge in [-0.05, 0) is 43.3 Å². The molecule has 0 aliphatic carbocycles. The van der Waals surface area contributed by atoms with E-state index in [4.69, 9.17) is 4.74 Å². The number of aromatic hydroxyl groups is 1. The van der Waals surface area contributed by atoms with Crippen molar-refractivity contribution < 1.29 is 14.9 Å². The van der Waals surface area contributed by atoms with Crippen LogP contribution in [0.2, 0.25) is 0 Å². The molecule has 0 radical (unpaired) electrons. The van der Waals surface area contributed by atoms with Crippen LogP contribution >= 0.6 is 0 Å². The molecule has 0 saturated heterocycles. The highest BCUT2D eigenvalue weighted by Gasteiger charge is 2.15. The first-order valence-corrected chi connectivity index (χ1v) is 9.75. The Kier molecular flexibility index (Phi) is 5.09. The van der Waals surface area contributed by atoms with Crippen molar-refractivity contribution in [2.24, 2.45) is 14.1 Å². The van der Waals surface area contributed by atoms with Crippen LogP contribution < -0.4 is 10.4 Å². The first kappa shape index (κ1) is 19.8. The molecule has 0 aliphatic rings. The van der Waals surface area contributed by atoms with E-state index in [1.165, 1.54) is 0 Å². The van der Waals surface area contributed by atoms with Gasteiger partial charge in [0, 0.05) is 25.2 Å². The molecule has 0 bridgehead atoms. The maximum Gasteiger partial charge on any atom is 0.328 e. The van der Waals surface area contributed by atoms with E-state index < -0.39 is 0 Å². The average Bonchev–Trinajstić information content (AvgIpc) is 3.25. The number of imidazole rings is 1. The van der Waals surface area contributed by atoms with Crippen molar-refractivity contribution >= 4 is 11.0 Å². The summed E-state index contributed by atoms with van der Waals surface area (Å²) >= 11 is 0. The number of fused-ring (bicyclic) bond motifs is 1. The van der Waals surface area contributed by atoms with Crippen LogP contribution in [-0.4, -0.2) is 42.3 Å². The van der Waals surface area contributed by atoms with Crippen LogP contribution in [0.5, 0.6) is 11.5 Å². The van der Waals surface area contributed by atoms with Crippen LogP contribution in [0.1, 0.15) is 6.92 Å². The topological polar surface area (TPSA) is 94.4 Å². The Balaban J connectivity index is 1.84. The second-order valence-electron chi connectivity index (χ2n) is 7.08. The lowest BCUT2D eigenvalue weighted by Crippen LogP contribution is -2.19. The number of aryl methyl sites for hydroxylation is 2. The molecular weight excluding hydrogens is 384 g/mol. The van der Waals surface area contributed by atoms with E-state index in [-0.39, 0.29) is 18.0 Å². The van der Waals surface area contributed by atoms with Gasteiger partial charge in [-0.2, -0.15) is 5.10 Å². The summed E-state index contributed by atoms with van der Waals surface area (Å²) in [6, 6.07) is 12.8. The predicted molar refractivity (Wildman–Crippen MR) is 115 cm³/mol. The number of aliphatic hydroxyl groups is 1. The molecular formula is C22H24N4O4. The van der Waals surface area contributed by atoms with Crippen LogP contribution in [-0.2, 0) is 20.6 Å². The monoisotopic (exact) mass is 408 g/mol. The molecule has 0 fully saturated rings. The van der Waals surface area contributed by atoms with E-state index in [2.05, 4.69) is 5.10 Å². The van der Waals surface area contributed by atoms with E-state index in [9.17, 15) is 15.0 Å². The lowest BCUT2D eigenvalue weighted by Gasteiger charge is -2.09. The molecule has 2 aromatic heterocycles. The van der Waals surface area contributed by atoms with Crippen molar-refractivity contribution in [3.63, 3.8) is 0 Å². The lowest BCUT2D eigenvalue weighted by atomic mass is 10.1. The van der Waals surface area contributed by atoms with Crippen LogP contribution in [0.3, 0.4) is 0 Å². The standard InChI is InChI=1S/C22H24N4O4/c1-4-30-21-12-15(6-8-20(21)28)18-13-16(23-26(18)9-10-27)14-5-7-17-19(11-14)25(3)22(29)24(17)2/h5-8,11-13,27-28H,4,9-10H2,1-3H3. The minimum atomic E-state index is -0.0822. The predicted octanol–water partition coefficient (Wildman–Crippen LogP) is 2.50. The van der Waals surface area contributed by atoms with Crippen molar-refractivity contribution in [3.8, 4) is 34.0 Å². The van der Waals surface area contributed by atoms with Gasteiger partial charge in [0.25, 0.3) is 0 Å². The van der Waals surface area contributed by atoms with Gasteiger partial charge in [-0.15, -0.1) is 0 Å². The Bertz CT molecular complexity index is 1280. The highest BCUT2D eigenvalue weighted by molar-refractivity contribution is 5.82. The molecule has 2 N–H and O–H groups in total. The number of phenols is 1. The zero-order chi connectivity index (χ0) is 21.4. The maximum atomic E-state index is 12.2. The minimum Gasteiger partial charge on any atom is -0.504 e. The number of phenolic OH excluding ortho intramolecular Hbond substituents is 1. The number of hydrogen-bond acceptors (Lipinski definition) is 5. The first-order chi connectivity index (χ1) is 14.4. The number of aromatic nitrogens is 4. The largest absolute Gasteiger partial charge is 0.504 e. The van der Waals surface area contributed by atoms with Crippen molar-refractivity contribution in [2.75, 3.05) is 13.2 Å². The molecule has 0 unspecified atom stereocenters. The summed E-state index contributed by atoms with van der Waals surface area (Å²) in [5.74, 6) is 0.471. The summed E-state index contributed by atoms with van der Waals surface area (Å²) in [5, 5.41) is 24.2. The van der Waals surface area contributed by atoms with Gasteiger partial charge < -0.3 is 14.9 Å². The van der Waals surface area contributed by atoms with Gasteiger partial charge in [0.05, 0.1) is 42.2 Å². The van der Waals surface area contributed by atoms with Crippen molar-refractivity contribution in [1.82, 2.24) is 18.9 Å². The van der Waals surface area contributed by atoms with E-state index in [0.29, 0.717) is 18.9 Å². The molecule has 4 rings (SSSR count). The van der Waals surface area contributed by atoms with Gasteiger partial charge >= 0.3 is 5.69 Å². The number of hydrogen-bond donors (Lipinski definition) is 2. The van der Waals surface area contributed by atoms with E-state index >= 15 is 0 Å². The molecule has 0 aliphatic heterocycles. The van der Waals surface area contributed by atoms with E-state index in [1.807, 2.05) is 31.2 Å². The summed E-state index contributed by atoms with van der Waals surface area (Å²) < 4.78 is 10.5. The molecule has 0 saturated carbocycles. The molecule has 2 aromatic carbocycles. The second-order valence-corrected chi connectivity index (χ2v) is 7.08. The van der Waals surface area contributed by atoms with Gasteiger partial charge in [0.2, 0.25) is 0 Å². The van der Waals surface area contributed by atoms with E-state index in [0.717, 1.165) is 33.5 Å². The number of rotatable bonds is 6. The molecule has 0 amide bonds. The fraction of sp³-hybridized carbons (Fsp3) is 0.273. The van der Waals surface area contributed by atoms with Gasteiger partial charge in [-0.3, -0.25) is 13.8 Å². The van der Waals surface area contributed by atoms with Crippen LogP contribution in [0, 0.1) is 0 Å². The van der Waals surface area contributed by atoms with Crippen molar-refractivity contribution in [1.29, 1.82) is 0 Å². The smallest absolute Gasteiger partial charge is 0.328 e. The van der Waals surface area contributed by atoms with Crippen LogP contribution in [0.15, 0.2) is 47.3 Å². The third kappa shape index (κ3) is 3.25. The Morgan fingerprint density at radius 1 is 1.00 bits per heavy atom. The van der Waals surface area contributed by atoms with E-state index in [1.54, 1.807) is 46.1 Å². The van der Waals surface area contributed by atoms with Crippen LogP contribution in [0.25, 0.3) is 33.5 Å². The molecule has 2 heterocycles. The molecule has 156 valence electrons. The van der Waals surface area contributed by atoms with Crippen molar-refractivity contribution in [3.05, 3.63) is 52.9 Å². The Labute approximate surface area is 173 Å². The molecule has 8 heteroatoms. The Hall–Kier alpha value is -3.52. The summed E-state index contributed by atoms with van der Waals surface area (Å²) in [5.41, 5.74) is 4.79. The van der Waals surface area contributed by atoms with Crippen molar-refractivity contribution in [2.45, 2.75) is 13.5 Å². The number of ether oxygens (including phenoxy) is 1. The first-order valence-electron chi connectivity index (χ1n) is 9.75. The highest BCUT2D eigenvalue weighted by Crippen LogP contribution is 2.34. The van der Waals surface area contributed by atoms with Gasteiger partial charge in [0.15, 0.2) is 11.5 Å². The fourth-order valence-electron chi connectivity index (χ4n) is 3.67. The number of benzene rings is 2. The number of nitrogens with zero attached hydrogens (tertiary/aromatic N) is 4. The van der Waals surface area contributed by atoms with Gasteiger partial charge in [-0.25, -0.2) is 4.79 Å². The van der Waals surface area contributed by atoms with Gasteiger partial charge in [0.1, 0.15) is 0 Å². The zero-order valence-corrected chi connectivity index (χ0v) is 17.2. The molecule has 0 spiro atoms. The summed E-state index contributed by atoms with van der Waals surface area (Å²) in [6.45, 7) is 2.56. The fourth-order valence-corrected chi connectivity index (χ4v) is 3.67. The van der Waals surface area contributed by atoms with Gasteiger partial charge in [-0.1, -0.05) is 6.07 Å². The summed E-state index contributed by atoms with van der Waals surface area (Å²) in [4.78, 5) is 12.2. The quantitative estimate of drug-likeness (QED) is 0.511. The molecule has 8 nitrogen and oxygen atoms in total. The SMILES string of the molecule is CCOc1cc(-c2cc(-c3ccc4c(c3)n(C)c(=O)n4C)nn2CCO)ccc1O. The highest BCUT2D eigenvalue weighted by atomic mass is 16.5. The molecule has 0 atom stereocenters. The zero-order valence-electron chi connectivity index (χ0n) is 17.2. The van der Waals surface area contributed by atoms with Crippen LogP contribution in [0.4, 0.5) is 0 Å². The Morgan fingerprint density at radius 3 is 2.47 bits per heavy atom. The molecule has 4 aromatic rings.